The fraction of sp³-hybridized carbons (Fsp3) is 0.464. The molecule has 200 valence electrons. The third kappa shape index (κ3) is 5.02. The van der Waals surface area contributed by atoms with Crippen molar-refractivity contribution in [3.8, 4) is 10.4 Å². The predicted molar refractivity (Wildman–Crippen MR) is 140 cm³/mol. The monoisotopic (exact) mass is 537 g/mol. The highest BCUT2D eigenvalue weighted by atomic mass is 32.1. The SMILES string of the molecule is CC(C)CC(NC(=O)c1ccc(-c2cccs2)cc1)C(=O)N1CCC2C1C(=O)CN2C(=O)C1OCCC1=O. The van der Waals surface area contributed by atoms with E-state index in [0.717, 1.165) is 10.4 Å². The molecule has 0 bridgehead atoms. The maximum absolute atomic E-state index is 13.7. The van der Waals surface area contributed by atoms with Gasteiger partial charge in [0, 0.05) is 23.4 Å². The molecule has 4 unspecified atom stereocenters. The largest absolute Gasteiger partial charge is 0.360 e. The molecule has 0 saturated carbocycles. The van der Waals surface area contributed by atoms with Crippen LogP contribution in [0.15, 0.2) is 41.8 Å². The van der Waals surface area contributed by atoms with E-state index in [0.29, 0.717) is 24.9 Å². The molecular weight excluding hydrogens is 506 g/mol. The van der Waals surface area contributed by atoms with Crippen molar-refractivity contribution >= 4 is 40.6 Å². The molecule has 10 heteroatoms. The van der Waals surface area contributed by atoms with Crippen molar-refractivity contribution in [2.75, 3.05) is 19.7 Å². The summed E-state index contributed by atoms with van der Waals surface area (Å²) in [6, 6.07) is 9.15. The Balaban J connectivity index is 1.29. The topological polar surface area (TPSA) is 113 Å². The molecule has 1 N–H and O–H groups in total. The van der Waals surface area contributed by atoms with Gasteiger partial charge < -0.3 is 19.9 Å². The molecule has 4 atom stereocenters. The van der Waals surface area contributed by atoms with Gasteiger partial charge in [0.2, 0.25) is 5.91 Å². The Labute approximate surface area is 225 Å². The number of hydrogen-bond donors (Lipinski definition) is 1. The molecule has 1 aromatic heterocycles. The van der Waals surface area contributed by atoms with E-state index < -0.39 is 30.1 Å². The van der Waals surface area contributed by atoms with Crippen LogP contribution in [0.25, 0.3) is 10.4 Å². The van der Waals surface area contributed by atoms with E-state index in [-0.39, 0.29) is 48.9 Å². The van der Waals surface area contributed by atoms with E-state index >= 15 is 0 Å². The van der Waals surface area contributed by atoms with Crippen LogP contribution in [0.1, 0.15) is 43.5 Å². The van der Waals surface area contributed by atoms with Crippen molar-refractivity contribution in [3.05, 3.63) is 47.3 Å². The van der Waals surface area contributed by atoms with Gasteiger partial charge in [-0.05, 0) is 47.9 Å². The van der Waals surface area contributed by atoms with Crippen molar-refractivity contribution in [1.29, 1.82) is 0 Å². The molecule has 3 fully saturated rings. The zero-order chi connectivity index (χ0) is 27.0. The normalized spacial score (nSPS) is 23.7. The summed E-state index contributed by atoms with van der Waals surface area (Å²) in [7, 11) is 0. The van der Waals surface area contributed by atoms with Crippen LogP contribution < -0.4 is 5.32 Å². The summed E-state index contributed by atoms with van der Waals surface area (Å²) < 4.78 is 5.31. The zero-order valence-corrected chi connectivity index (χ0v) is 22.2. The molecule has 3 aliphatic rings. The quantitative estimate of drug-likeness (QED) is 0.543. The third-order valence-corrected chi connectivity index (χ3v) is 8.32. The van der Waals surface area contributed by atoms with E-state index in [1.165, 1.54) is 9.80 Å². The van der Waals surface area contributed by atoms with Crippen LogP contribution in [-0.4, -0.2) is 83.0 Å². The molecule has 0 spiro atoms. The first-order chi connectivity index (χ1) is 18.2. The smallest absolute Gasteiger partial charge is 0.260 e. The minimum Gasteiger partial charge on any atom is -0.360 e. The second-order valence-corrected chi connectivity index (χ2v) is 11.4. The number of hydrogen-bond acceptors (Lipinski definition) is 7. The van der Waals surface area contributed by atoms with Gasteiger partial charge in [-0.2, -0.15) is 0 Å². The highest BCUT2D eigenvalue weighted by Crippen LogP contribution is 2.32. The number of carbonyl (C=O) groups is 5. The molecule has 2 aromatic rings. The average molecular weight is 538 g/mol. The molecule has 5 rings (SSSR count). The molecule has 3 saturated heterocycles. The molecule has 0 aliphatic carbocycles. The molecule has 1 aromatic carbocycles. The number of nitrogens with one attached hydrogen (secondary N) is 1. The number of nitrogens with zero attached hydrogens (tertiary/aromatic N) is 2. The Morgan fingerprint density at radius 2 is 1.84 bits per heavy atom. The number of likely N-dealkylation sites (tertiary alicyclic amines) is 2. The Kier molecular flexibility index (Phi) is 7.45. The fourth-order valence-electron chi connectivity index (χ4n) is 5.58. The average Bonchev–Trinajstić information content (AvgIpc) is 3.69. The lowest BCUT2D eigenvalue weighted by Crippen LogP contribution is -2.53. The van der Waals surface area contributed by atoms with Crippen molar-refractivity contribution in [2.45, 2.75) is 57.3 Å². The van der Waals surface area contributed by atoms with Crippen molar-refractivity contribution < 1.29 is 28.7 Å². The van der Waals surface area contributed by atoms with Crippen LogP contribution >= 0.6 is 11.3 Å². The van der Waals surface area contributed by atoms with Gasteiger partial charge in [0.05, 0.1) is 19.2 Å². The summed E-state index contributed by atoms with van der Waals surface area (Å²) in [6.45, 7) is 4.28. The Morgan fingerprint density at radius 3 is 2.47 bits per heavy atom. The Morgan fingerprint density at radius 1 is 1.08 bits per heavy atom. The van der Waals surface area contributed by atoms with Gasteiger partial charge in [0.15, 0.2) is 17.7 Å². The van der Waals surface area contributed by atoms with Gasteiger partial charge >= 0.3 is 0 Å². The highest BCUT2D eigenvalue weighted by Gasteiger charge is 2.54. The van der Waals surface area contributed by atoms with Crippen LogP contribution in [0, 0.1) is 5.92 Å². The standard InChI is InChI=1S/C28H31N3O6S/c1-16(2)14-19(29-26(34)18-7-5-17(6-8-18)23-4-3-13-38-23)27(35)30-11-9-20-24(30)22(33)15-31(20)28(36)25-21(32)10-12-37-25/h3-8,13,16,19-20,24-25H,9-12,14-15H2,1-2H3,(H,29,34). The molecule has 38 heavy (non-hydrogen) atoms. The van der Waals surface area contributed by atoms with Crippen molar-refractivity contribution in [3.63, 3.8) is 0 Å². The van der Waals surface area contributed by atoms with Gasteiger partial charge in [-0.3, -0.25) is 24.0 Å². The number of carbonyl (C=O) groups excluding carboxylic acids is 5. The Hall–Kier alpha value is -3.37. The number of benzene rings is 1. The number of fused-ring (bicyclic) bond motifs is 1. The van der Waals surface area contributed by atoms with E-state index in [2.05, 4.69) is 5.32 Å². The summed E-state index contributed by atoms with van der Waals surface area (Å²) >= 11 is 1.62. The van der Waals surface area contributed by atoms with Crippen LogP contribution in [0.3, 0.4) is 0 Å². The summed E-state index contributed by atoms with van der Waals surface area (Å²) in [5.41, 5.74) is 1.46. The second kappa shape index (κ2) is 10.8. The highest BCUT2D eigenvalue weighted by molar-refractivity contribution is 7.13. The molecule has 9 nitrogen and oxygen atoms in total. The van der Waals surface area contributed by atoms with Gasteiger partial charge in [-0.25, -0.2) is 0 Å². The van der Waals surface area contributed by atoms with Gasteiger partial charge in [-0.1, -0.05) is 32.0 Å². The number of rotatable bonds is 7. The molecule has 3 amide bonds. The number of thiophene rings is 1. The number of ether oxygens (including phenoxy) is 1. The summed E-state index contributed by atoms with van der Waals surface area (Å²) in [4.78, 5) is 68.9. The van der Waals surface area contributed by atoms with E-state index in [9.17, 15) is 24.0 Å². The Bertz CT molecular complexity index is 1240. The van der Waals surface area contributed by atoms with Crippen molar-refractivity contribution in [1.82, 2.24) is 15.1 Å². The van der Waals surface area contributed by atoms with Crippen LogP contribution in [0.2, 0.25) is 0 Å². The maximum Gasteiger partial charge on any atom is 0.260 e. The lowest BCUT2D eigenvalue weighted by molar-refractivity contribution is -0.146. The van der Waals surface area contributed by atoms with E-state index in [1.807, 2.05) is 43.5 Å². The predicted octanol–water partition coefficient (Wildman–Crippen LogP) is 2.30. The molecule has 3 aliphatic heterocycles. The van der Waals surface area contributed by atoms with Gasteiger partial charge in [0.25, 0.3) is 11.8 Å². The number of amides is 3. The molecule has 0 radical (unpaired) electrons. The first-order valence-corrected chi connectivity index (χ1v) is 13.9. The van der Waals surface area contributed by atoms with Crippen molar-refractivity contribution in [2.24, 2.45) is 5.92 Å². The first kappa shape index (κ1) is 26.2. The summed E-state index contributed by atoms with van der Waals surface area (Å²) in [5, 5.41) is 4.88. The van der Waals surface area contributed by atoms with Crippen LogP contribution in [0.5, 0.6) is 0 Å². The fourth-order valence-corrected chi connectivity index (χ4v) is 6.32. The second-order valence-electron chi connectivity index (χ2n) is 10.4. The van der Waals surface area contributed by atoms with E-state index in [4.69, 9.17) is 4.74 Å². The van der Waals surface area contributed by atoms with Crippen LogP contribution in [0.4, 0.5) is 0 Å². The minimum atomic E-state index is -1.16. The number of Topliss-reactive ketones (excluding diaryl/α,β-unsaturated/α-hetero) is 2. The summed E-state index contributed by atoms with van der Waals surface area (Å²) in [5.74, 6) is -1.58. The maximum atomic E-state index is 13.7. The molecule has 4 heterocycles. The summed E-state index contributed by atoms with van der Waals surface area (Å²) in [6.07, 6.45) is -0.135. The van der Waals surface area contributed by atoms with E-state index in [1.54, 1.807) is 23.5 Å². The van der Waals surface area contributed by atoms with Crippen LogP contribution in [-0.2, 0) is 23.9 Å². The first-order valence-electron chi connectivity index (χ1n) is 13.0. The lowest BCUT2D eigenvalue weighted by atomic mass is 10.0. The number of ketones is 2. The van der Waals surface area contributed by atoms with Gasteiger partial charge in [0.1, 0.15) is 12.1 Å². The molecular formula is C28H31N3O6S. The third-order valence-electron chi connectivity index (χ3n) is 7.40. The zero-order valence-electron chi connectivity index (χ0n) is 21.4. The lowest BCUT2D eigenvalue weighted by Gasteiger charge is -2.29. The van der Waals surface area contributed by atoms with Gasteiger partial charge in [-0.15, -0.1) is 11.3 Å². The minimum absolute atomic E-state index is 0.117.